The first kappa shape index (κ1) is 19.4. The van der Waals surface area contributed by atoms with Gasteiger partial charge in [-0.3, -0.25) is 9.59 Å². The zero-order valence-electron chi connectivity index (χ0n) is 16.4. The number of ketones is 1. The van der Waals surface area contributed by atoms with E-state index < -0.39 is 29.2 Å². The van der Waals surface area contributed by atoms with E-state index in [0.29, 0.717) is 32.5 Å². The van der Waals surface area contributed by atoms with Crippen molar-refractivity contribution < 1.29 is 34.0 Å². The Bertz CT molecular complexity index is 817. The molecule has 1 spiro atoms. The highest BCUT2D eigenvalue weighted by Crippen LogP contribution is 2.53. The summed E-state index contributed by atoms with van der Waals surface area (Å²) >= 11 is 0. The topological polar surface area (TPSA) is 102 Å². The smallest absolute Gasteiger partial charge is 0.316 e. The van der Waals surface area contributed by atoms with Crippen molar-refractivity contribution in [3.63, 3.8) is 0 Å². The van der Waals surface area contributed by atoms with E-state index in [1.54, 1.807) is 20.8 Å². The maximum atomic E-state index is 13.4. The van der Waals surface area contributed by atoms with E-state index in [4.69, 9.17) is 14.2 Å². The van der Waals surface area contributed by atoms with Crippen LogP contribution in [0, 0.1) is 17.3 Å². The predicted octanol–water partition coefficient (Wildman–Crippen LogP) is 2.73. The van der Waals surface area contributed by atoms with Gasteiger partial charge in [0.2, 0.25) is 0 Å². The van der Waals surface area contributed by atoms with Gasteiger partial charge in [-0.2, -0.15) is 0 Å². The van der Waals surface area contributed by atoms with Crippen LogP contribution in [0.5, 0.6) is 11.5 Å². The number of aromatic hydroxyl groups is 1. The number of phenols is 1. The van der Waals surface area contributed by atoms with E-state index in [9.17, 15) is 19.8 Å². The van der Waals surface area contributed by atoms with Crippen LogP contribution in [-0.2, 0) is 14.3 Å². The van der Waals surface area contributed by atoms with E-state index in [0.717, 1.165) is 0 Å². The van der Waals surface area contributed by atoms with Gasteiger partial charge < -0.3 is 24.4 Å². The molecule has 1 aliphatic heterocycles. The molecule has 0 amide bonds. The molecule has 1 aromatic carbocycles. The molecule has 0 bridgehead atoms. The van der Waals surface area contributed by atoms with Crippen LogP contribution in [0.15, 0.2) is 12.1 Å². The third-order valence-electron chi connectivity index (χ3n) is 6.00. The highest BCUT2D eigenvalue weighted by atomic mass is 16.7. The van der Waals surface area contributed by atoms with E-state index >= 15 is 0 Å². The summed E-state index contributed by atoms with van der Waals surface area (Å²) in [7, 11) is 0. The van der Waals surface area contributed by atoms with Crippen LogP contribution >= 0.6 is 0 Å². The maximum Gasteiger partial charge on any atom is 0.316 e. The molecular formula is C21H26O7. The van der Waals surface area contributed by atoms with Crippen molar-refractivity contribution in [3.05, 3.63) is 23.3 Å². The molecule has 3 atom stereocenters. The normalized spacial score (nSPS) is 28.7. The number of aliphatic hydroxyl groups is 1. The molecule has 0 aromatic heterocycles. The molecule has 2 N–H and O–H groups in total. The minimum atomic E-state index is -1.02. The third-order valence-corrected chi connectivity index (χ3v) is 6.00. The number of fused-ring (bicyclic) bond motifs is 2. The lowest BCUT2D eigenvalue weighted by Crippen LogP contribution is -2.47. The van der Waals surface area contributed by atoms with Crippen molar-refractivity contribution in [2.75, 3.05) is 13.2 Å². The Morgan fingerprint density at radius 1 is 1.25 bits per heavy atom. The summed E-state index contributed by atoms with van der Waals surface area (Å²) < 4.78 is 17.1. The summed E-state index contributed by atoms with van der Waals surface area (Å²) in [5.41, 5.74) is -0.527. The highest BCUT2D eigenvalue weighted by molar-refractivity contribution is 6.04. The van der Waals surface area contributed by atoms with Crippen LogP contribution in [-0.4, -0.2) is 41.0 Å². The van der Waals surface area contributed by atoms with Crippen LogP contribution in [0.25, 0.3) is 0 Å². The van der Waals surface area contributed by atoms with Crippen molar-refractivity contribution in [1.29, 1.82) is 0 Å². The number of aliphatic hydroxyl groups excluding tert-OH is 1. The van der Waals surface area contributed by atoms with Crippen molar-refractivity contribution >= 4 is 11.8 Å². The number of rotatable bonds is 1. The molecule has 152 valence electrons. The fourth-order valence-electron chi connectivity index (χ4n) is 4.48. The van der Waals surface area contributed by atoms with Crippen LogP contribution in [0.2, 0.25) is 0 Å². The minimum Gasteiger partial charge on any atom is -0.508 e. The average molecular weight is 390 g/mol. The van der Waals surface area contributed by atoms with E-state index in [2.05, 4.69) is 0 Å². The summed E-state index contributed by atoms with van der Waals surface area (Å²) in [6, 6.07) is 2.76. The Kier molecular flexibility index (Phi) is 4.52. The quantitative estimate of drug-likeness (QED) is 0.561. The molecule has 3 unspecified atom stereocenters. The second-order valence-corrected chi connectivity index (χ2v) is 8.94. The van der Waals surface area contributed by atoms with E-state index in [1.165, 1.54) is 12.1 Å². The molecule has 1 aromatic rings. The van der Waals surface area contributed by atoms with Crippen LogP contribution in [0.1, 0.15) is 62.1 Å². The standard InChI is InChI=1S/C21H26O7/c1-20(2,3)19(25)28-14-5-4-13(22)15-16(14)18(24)12-10-21(26-8-9-27-21)7-6-11(12)17(15)23/h4-5,11-12,17,22-23H,6-10H2,1-3H3. The summed E-state index contributed by atoms with van der Waals surface area (Å²) in [5.74, 6) is -2.49. The van der Waals surface area contributed by atoms with Gasteiger partial charge in [0, 0.05) is 24.3 Å². The molecule has 2 fully saturated rings. The number of Topliss-reactive ketones (excluding diaryl/α,β-unsaturated/α-hetero) is 1. The lowest BCUT2D eigenvalue weighted by Gasteiger charge is -2.45. The molecule has 1 saturated carbocycles. The number of benzene rings is 1. The highest BCUT2D eigenvalue weighted by Gasteiger charge is 2.53. The Balaban J connectivity index is 1.75. The van der Waals surface area contributed by atoms with Crippen molar-refractivity contribution in [1.82, 2.24) is 0 Å². The average Bonchev–Trinajstić information content (AvgIpc) is 3.07. The summed E-state index contributed by atoms with van der Waals surface area (Å²) in [4.78, 5) is 25.8. The monoisotopic (exact) mass is 390 g/mol. The second kappa shape index (κ2) is 6.54. The van der Waals surface area contributed by atoms with Crippen LogP contribution in [0.3, 0.4) is 0 Å². The molecule has 3 aliphatic rings. The minimum absolute atomic E-state index is 0.0723. The number of hydrogen-bond acceptors (Lipinski definition) is 7. The SMILES string of the molecule is CC(C)(C)C(=O)Oc1ccc(O)c2c1C(=O)C1CC3(CCC1C2O)OCCO3. The zero-order chi connectivity index (χ0) is 20.3. The van der Waals surface area contributed by atoms with Gasteiger partial charge in [-0.25, -0.2) is 0 Å². The second-order valence-electron chi connectivity index (χ2n) is 8.94. The van der Waals surface area contributed by atoms with Crippen LogP contribution in [0.4, 0.5) is 0 Å². The molecular weight excluding hydrogens is 364 g/mol. The summed E-state index contributed by atoms with van der Waals surface area (Å²) in [6.45, 7) is 6.12. The van der Waals surface area contributed by atoms with Gasteiger partial charge in [0.1, 0.15) is 11.5 Å². The number of ether oxygens (including phenoxy) is 3. The predicted molar refractivity (Wildman–Crippen MR) is 98.0 cm³/mol. The fraction of sp³-hybridized carbons (Fsp3) is 0.619. The zero-order valence-corrected chi connectivity index (χ0v) is 16.4. The molecule has 1 heterocycles. The lowest BCUT2D eigenvalue weighted by molar-refractivity contribution is -0.197. The molecule has 0 radical (unpaired) electrons. The first-order valence-corrected chi connectivity index (χ1v) is 9.71. The van der Waals surface area contributed by atoms with Gasteiger partial charge in [-0.15, -0.1) is 0 Å². The van der Waals surface area contributed by atoms with Crippen LogP contribution < -0.4 is 4.74 Å². The van der Waals surface area contributed by atoms with Crippen molar-refractivity contribution in [2.24, 2.45) is 17.3 Å². The Labute approximate surface area is 163 Å². The van der Waals surface area contributed by atoms with E-state index in [-0.39, 0.29) is 34.3 Å². The Morgan fingerprint density at radius 2 is 1.93 bits per heavy atom. The molecule has 1 saturated heterocycles. The lowest BCUT2D eigenvalue weighted by atomic mass is 9.64. The molecule has 2 aliphatic carbocycles. The summed E-state index contributed by atoms with van der Waals surface area (Å²) in [5, 5.41) is 21.3. The maximum absolute atomic E-state index is 13.4. The van der Waals surface area contributed by atoms with Gasteiger partial charge in [-0.1, -0.05) is 0 Å². The molecule has 28 heavy (non-hydrogen) atoms. The van der Waals surface area contributed by atoms with Crippen molar-refractivity contribution in [2.45, 2.75) is 51.9 Å². The number of carbonyl (C=O) groups is 2. The number of esters is 1. The largest absolute Gasteiger partial charge is 0.508 e. The number of hydrogen-bond donors (Lipinski definition) is 2. The number of carbonyl (C=O) groups excluding carboxylic acids is 2. The van der Waals surface area contributed by atoms with Gasteiger partial charge >= 0.3 is 5.97 Å². The first-order chi connectivity index (χ1) is 13.1. The van der Waals surface area contributed by atoms with Gasteiger partial charge in [-0.05, 0) is 45.2 Å². The molecule has 7 heteroatoms. The van der Waals surface area contributed by atoms with Gasteiger partial charge in [0.05, 0.1) is 30.3 Å². The Hall–Kier alpha value is -1.96. The third kappa shape index (κ3) is 3.02. The summed E-state index contributed by atoms with van der Waals surface area (Å²) in [6.07, 6.45) is 0.454. The Morgan fingerprint density at radius 3 is 2.57 bits per heavy atom. The van der Waals surface area contributed by atoms with E-state index in [1.807, 2.05) is 0 Å². The van der Waals surface area contributed by atoms with Gasteiger partial charge in [0.15, 0.2) is 11.6 Å². The fourth-order valence-corrected chi connectivity index (χ4v) is 4.48. The molecule has 4 rings (SSSR count). The molecule has 7 nitrogen and oxygen atoms in total. The first-order valence-electron chi connectivity index (χ1n) is 9.71. The van der Waals surface area contributed by atoms with Crippen molar-refractivity contribution in [3.8, 4) is 11.5 Å². The number of phenolic OH excluding ortho intramolecular Hbond substituents is 1. The van der Waals surface area contributed by atoms with Gasteiger partial charge in [0.25, 0.3) is 0 Å².